The molecule has 0 radical (unpaired) electrons. The number of benzene rings is 2. The van der Waals surface area contributed by atoms with Crippen LogP contribution in [0.25, 0.3) is 11.1 Å². The third-order valence-corrected chi connectivity index (χ3v) is 3.21. The van der Waals surface area contributed by atoms with Crippen LogP contribution in [0.2, 0.25) is 0 Å². The largest absolute Gasteiger partial charge is 0.287 e. The van der Waals surface area contributed by atoms with Crippen molar-refractivity contribution in [3.8, 4) is 11.1 Å². The monoisotopic (exact) mass is 277 g/mol. The molecule has 21 heavy (non-hydrogen) atoms. The molecule has 1 aromatic heterocycles. The van der Waals surface area contributed by atoms with Crippen molar-refractivity contribution in [1.29, 1.82) is 0 Å². The minimum atomic E-state index is -0.369. The Morgan fingerprint density at radius 1 is 0.905 bits per heavy atom. The van der Waals surface area contributed by atoms with Gasteiger partial charge in [0.2, 0.25) is 5.78 Å². The van der Waals surface area contributed by atoms with Gasteiger partial charge in [-0.3, -0.25) is 9.78 Å². The van der Waals surface area contributed by atoms with Crippen LogP contribution in [0.1, 0.15) is 16.1 Å². The topological polar surface area (TPSA) is 30.0 Å². The lowest BCUT2D eigenvalue weighted by Crippen LogP contribution is -2.05. The Kier molecular flexibility index (Phi) is 3.56. The molecule has 0 bridgehead atoms. The van der Waals surface area contributed by atoms with Crippen LogP contribution in [0, 0.1) is 5.82 Å². The smallest absolute Gasteiger partial charge is 0.211 e. The molecule has 0 fully saturated rings. The van der Waals surface area contributed by atoms with E-state index in [1.54, 1.807) is 24.4 Å². The van der Waals surface area contributed by atoms with Gasteiger partial charge in [-0.05, 0) is 41.5 Å². The normalized spacial score (nSPS) is 10.3. The standard InChI is InChI=1S/C18H12FNO/c19-14-9-10-15(18(21)17-8-4-5-11-20-17)16(12-14)13-6-2-1-3-7-13/h1-12H. The van der Waals surface area contributed by atoms with Crippen LogP contribution >= 0.6 is 0 Å². The maximum atomic E-state index is 13.6. The lowest BCUT2D eigenvalue weighted by atomic mass is 9.95. The summed E-state index contributed by atoms with van der Waals surface area (Å²) in [5.41, 5.74) is 2.17. The molecule has 0 aliphatic rings. The number of carbonyl (C=O) groups excluding carboxylic acids is 1. The summed E-state index contributed by atoms with van der Waals surface area (Å²) in [5, 5.41) is 0. The van der Waals surface area contributed by atoms with Crippen molar-refractivity contribution >= 4 is 5.78 Å². The van der Waals surface area contributed by atoms with Crippen LogP contribution in [-0.2, 0) is 0 Å². The van der Waals surface area contributed by atoms with Crippen molar-refractivity contribution in [3.05, 3.63) is 90.0 Å². The molecule has 0 unspecified atom stereocenters. The summed E-state index contributed by atoms with van der Waals surface area (Å²) < 4.78 is 13.6. The van der Waals surface area contributed by atoms with Gasteiger partial charge in [-0.1, -0.05) is 36.4 Å². The average Bonchev–Trinajstić information content (AvgIpc) is 2.56. The van der Waals surface area contributed by atoms with Crippen LogP contribution in [0.4, 0.5) is 4.39 Å². The van der Waals surface area contributed by atoms with Gasteiger partial charge in [0, 0.05) is 11.8 Å². The van der Waals surface area contributed by atoms with E-state index in [2.05, 4.69) is 4.98 Å². The van der Waals surface area contributed by atoms with Crippen molar-refractivity contribution in [3.63, 3.8) is 0 Å². The zero-order valence-corrected chi connectivity index (χ0v) is 11.2. The first-order valence-corrected chi connectivity index (χ1v) is 6.56. The Labute approximate surface area is 121 Å². The number of rotatable bonds is 3. The van der Waals surface area contributed by atoms with Crippen molar-refractivity contribution in [2.24, 2.45) is 0 Å². The molecular weight excluding hydrogens is 265 g/mol. The summed E-state index contributed by atoms with van der Waals surface area (Å²) in [6.45, 7) is 0. The number of hydrogen-bond acceptors (Lipinski definition) is 2. The highest BCUT2D eigenvalue weighted by atomic mass is 19.1. The van der Waals surface area contributed by atoms with Crippen molar-refractivity contribution < 1.29 is 9.18 Å². The van der Waals surface area contributed by atoms with Crippen molar-refractivity contribution in [2.75, 3.05) is 0 Å². The molecule has 0 spiro atoms. The van der Waals surface area contributed by atoms with Crippen LogP contribution in [0.3, 0.4) is 0 Å². The molecule has 102 valence electrons. The first-order chi connectivity index (χ1) is 10.3. The van der Waals surface area contributed by atoms with E-state index in [1.807, 2.05) is 30.3 Å². The summed E-state index contributed by atoms with van der Waals surface area (Å²) in [6.07, 6.45) is 1.57. The highest BCUT2D eigenvalue weighted by Crippen LogP contribution is 2.26. The number of nitrogens with zero attached hydrogens (tertiary/aromatic N) is 1. The van der Waals surface area contributed by atoms with Gasteiger partial charge in [-0.25, -0.2) is 4.39 Å². The first kappa shape index (κ1) is 13.2. The number of ketones is 1. The van der Waals surface area contributed by atoms with E-state index in [-0.39, 0.29) is 11.6 Å². The molecule has 0 amide bonds. The zero-order chi connectivity index (χ0) is 14.7. The summed E-state index contributed by atoms with van der Waals surface area (Å²) >= 11 is 0. The van der Waals surface area contributed by atoms with Gasteiger partial charge < -0.3 is 0 Å². The van der Waals surface area contributed by atoms with Gasteiger partial charge >= 0.3 is 0 Å². The molecule has 2 aromatic carbocycles. The van der Waals surface area contributed by atoms with Gasteiger partial charge in [0.15, 0.2) is 0 Å². The van der Waals surface area contributed by atoms with Crippen LogP contribution in [-0.4, -0.2) is 10.8 Å². The first-order valence-electron chi connectivity index (χ1n) is 6.56. The zero-order valence-electron chi connectivity index (χ0n) is 11.2. The summed E-state index contributed by atoms with van der Waals surface area (Å²) in [7, 11) is 0. The predicted octanol–water partition coefficient (Wildman–Crippen LogP) is 4.12. The molecule has 0 aliphatic heterocycles. The van der Waals surface area contributed by atoms with E-state index in [0.29, 0.717) is 16.8 Å². The van der Waals surface area contributed by atoms with E-state index in [1.165, 1.54) is 18.2 Å². The van der Waals surface area contributed by atoms with E-state index < -0.39 is 0 Å². The fourth-order valence-electron chi connectivity index (χ4n) is 2.21. The third kappa shape index (κ3) is 2.72. The molecule has 3 aromatic rings. The highest BCUT2D eigenvalue weighted by molar-refractivity contribution is 6.11. The second-order valence-electron chi connectivity index (χ2n) is 4.60. The molecule has 0 saturated heterocycles. The molecule has 1 heterocycles. The number of pyridine rings is 1. The summed E-state index contributed by atoms with van der Waals surface area (Å²) in [4.78, 5) is 16.6. The molecule has 0 saturated carbocycles. The van der Waals surface area contributed by atoms with E-state index in [9.17, 15) is 9.18 Å². The predicted molar refractivity (Wildman–Crippen MR) is 79.5 cm³/mol. The fourth-order valence-corrected chi connectivity index (χ4v) is 2.21. The van der Waals surface area contributed by atoms with E-state index in [4.69, 9.17) is 0 Å². The lowest BCUT2D eigenvalue weighted by Gasteiger charge is -2.09. The maximum Gasteiger partial charge on any atom is 0.211 e. The number of halogens is 1. The Bertz CT molecular complexity index is 770. The Hall–Kier alpha value is -2.81. The second-order valence-corrected chi connectivity index (χ2v) is 4.60. The van der Waals surface area contributed by atoms with Crippen LogP contribution in [0.15, 0.2) is 72.9 Å². The molecule has 3 rings (SSSR count). The minimum Gasteiger partial charge on any atom is -0.287 e. The molecule has 2 nitrogen and oxygen atoms in total. The third-order valence-electron chi connectivity index (χ3n) is 3.21. The Morgan fingerprint density at radius 3 is 2.38 bits per heavy atom. The quantitative estimate of drug-likeness (QED) is 0.674. The lowest BCUT2D eigenvalue weighted by molar-refractivity contribution is 0.103. The Balaban J connectivity index is 2.14. The van der Waals surface area contributed by atoms with E-state index in [0.717, 1.165) is 5.56 Å². The van der Waals surface area contributed by atoms with Gasteiger partial charge in [0.25, 0.3) is 0 Å². The van der Waals surface area contributed by atoms with Gasteiger partial charge in [0.05, 0.1) is 0 Å². The van der Waals surface area contributed by atoms with E-state index >= 15 is 0 Å². The molecule has 0 N–H and O–H groups in total. The highest BCUT2D eigenvalue weighted by Gasteiger charge is 2.16. The van der Waals surface area contributed by atoms with Crippen LogP contribution < -0.4 is 0 Å². The molecular formula is C18H12FNO. The molecule has 3 heteroatoms. The summed E-state index contributed by atoms with van der Waals surface area (Å²) in [5.74, 6) is -0.583. The minimum absolute atomic E-state index is 0.213. The molecule has 0 atom stereocenters. The van der Waals surface area contributed by atoms with Crippen molar-refractivity contribution in [1.82, 2.24) is 4.98 Å². The van der Waals surface area contributed by atoms with Gasteiger partial charge in [0.1, 0.15) is 11.5 Å². The Morgan fingerprint density at radius 2 is 1.67 bits per heavy atom. The maximum absolute atomic E-state index is 13.6. The van der Waals surface area contributed by atoms with Gasteiger partial charge in [-0.2, -0.15) is 0 Å². The van der Waals surface area contributed by atoms with Crippen LogP contribution in [0.5, 0.6) is 0 Å². The number of hydrogen-bond donors (Lipinski definition) is 0. The molecule has 0 aliphatic carbocycles. The number of carbonyl (C=O) groups is 1. The average molecular weight is 277 g/mol. The summed E-state index contributed by atoms with van der Waals surface area (Å²) in [6, 6.07) is 18.6. The SMILES string of the molecule is O=C(c1ccccn1)c1ccc(F)cc1-c1ccccc1. The fraction of sp³-hybridized carbons (Fsp3) is 0. The van der Waals surface area contributed by atoms with Gasteiger partial charge in [-0.15, -0.1) is 0 Å². The van der Waals surface area contributed by atoms with Crippen molar-refractivity contribution in [2.45, 2.75) is 0 Å². The number of aromatic nitrogens is 1. The second kappa shape index (κ2) is 5.67.